The summed E-state index contributed by atoms with van der Waals surface area (Å²) in [7, 11) is 0. The molecule has 1 unspecified atom stereocenters. The van der Waals surface area contributed by atoms with Gasteiger partial charge in [0.05, 0.1) is 0 Å². The van der Waals surface area contributed by atoms with E-state index in [1.807, 2.05) is 0 Å². The van der Waals surface area contributed by atoms with Gasteiger partial charge in [-0.25, -0.2) is 0 Å². The van der Waals surface area contributed by atoms with Crippen molar-refractivity contribution in [1.29, 1.82) is 0 Å². The zero-order valence-corrected chi connectivity index (χ0v) is 11.8. The molecular formula is C15H20BrN. The van der Waals surface area contributed by atoms with Gasteiger partial charge in [-0.15, -0.1) is 0 Å². The fourth-order valence-electron chi connectivity index (χ4n) is 3.31. The molecule has 17 heavy (non-hydrogen) atoms. The van der Waals surface area contributed by atoms with E-state index >= 15 is 0 Å². The second kappa shape index (κ2) is 5.11. The molecular weight excluding hydrogens is 274 g/mol. The van der Waals surface area contributed by atoms with Crippen LogP contribution in [0.25, 0.3) is 0 Å². The van der Waals surface area contributed by atoms with Gasteiger partial charge in [-0.05, 0) is 48.9 Å². The first-order valence-corrected chi connectivity index (χ1v) is 7.66. The quantitative estimate of drug-likeness (QED) is 0.854. The van der Waals surface area contributed by atoms with Crippen molar-refractivity contribution in [3.05, 3.63) is 33.8 Å². The van der Waals surface area contributed by atoms with Crippen molar-refractivity contribution >= 4 is 15.9 Å². The summed E-state index contributed by atoms with van der Waals surface area (Å²) < 4.78 is 1.22. The number of rotatable bonds is 2. The first-order chi connectivity index (χ1) is 8.33. The Kier molecular flexibility index (Phi) is 3.53. The molecule has 2 aliphatic carbocycles. The van der Waals surface area contributed by atoms with Crippen LogP contribution >= 0.6 is 15.9 Å². The number of halogens is 1. The van der Waals surface area contributed by atoms with Gasteiger partial charge >= 0.3 is 0 Å². The predicted octanol–water partition coefficient (Wildman–Crippen LogP) is 4.36. The Morgan fingerprint density at radius 1 is 1.06 bits per heavy atom. The summed E-state index contributed by atoms with van der Waals surface area (Å²) in [6.07, 6.45) is 9.54. The van der Waals surface area contributed by atoms with Gasteiger partial charge in [-0.1, -0.05) is 41.3 Å². The number of benzene rings is 1. The van der Waals surface area contributed by atoms with Crippen LogP contribution in [0.1, 0.15) is 55.7 Å². The summed E-state index contributed by atoms with van der Waals surface area (Å²) in [6, 6.07) is 8.15. The first kappa shape index (κ1) is 11.7. The topological polar surface area (TPSA) is 12.0 Å². The van der Waals surface area contributed by atoms with E-state index in [-0.39, 0.29) is 0 Å². The number of hydrogen-bond acceptors (Lipinski definition) is 1. The van der Waals surface area contributed by atoms with Gasteiger partial charge < -0.3 is 5.32 Å². The van der Waals surface area contributed by atoms with Gasteiger partial charge in [0.2, 0.25) is 0 Å². The van der Waals surface area contributed by atoms with Gasteiger partial charge in [0.1, 0.15) is 0 Å². The molecule has 0 aromatic heterocycles. The summed E-state index contributed by atoms with van der Waals surface area (Å²) in [6.45, 7) is 0. The van der Waals surface area contributed by atoms with E-state index in [0.29, 0.717) is 6.04 Å². The maximum absolute atomic E-state index is 3.88. The Morgan fingerprint density at radius 3 is 2.71 bits per heavy atom. The molecule has 0 radical (unpaired) electrons. The van der Waals surface area contributed by atoms with Crippen molar-refractivity contribution in [2.75, 3.05) is 0 Å². The minimum Gasteiger partial charge on any atom is -0.307 e. The Morgan fingerprint density at radius 2 is 1.88 bits per heavy atom. The minimum absolute atomic E-state index is 0.612. The highest BCUT2D eigenvalue weighted by atomic mass is 79.9. The van der Waals surface area contributed by atoms with Crippen LogP contribution in [-0.2, 0) is 6.42 Å². The van der Waals surface area contributed by atoms with E-state index in [1.54, 1.807) is 5.56 Å². The molecule has 1 atom stereocenters. The molecule has 2 aliphatic rings. The van der Waals surface area contributed by atoms with Crippen LogP contribution < -0.4 is 5.32 Å². The highest BCUT2D eigenvalue weighted by molar-refractivity contribution is 9.10. The van der Waals surface area contributed by atoms with Crippen LogP contribution in [0.3, 0.4) is 0 Å². The van der Waals surface area contributed by atoms with E-state index in [1.165, 1.54) is 55.0 Å². The Hall–Kier alpha value is -0.340. The summed E-state index contributed by atoms with van der Waals surface area (Å²) in [5, 5.41) is 3.88. The van der Waals surface area contributed by atoms with Crippen LogP contribution in [-0.4, -0.2) is 6.04 Å². The Bertz CT molecular complexity index is 396. The number of hydrogen-bond donors (Lipinski definition) is 1. The SMILES string of the molecule is Brc1ccc2c(c1)CCC2NC1CCCCC1. The van der Waals surface area contributed by atoms with Crippen molar-refractivity contribution in [1.82, 2.24) is 5.32 Å². The largest absolute Gasteiger partial charge is 0.307 e. The van der Waals surface area contributed by atoms with Gasteiger partial charge in [0, 0.05) is 16.6 Å². The second-order valence-electron chi connectivity index (χ2n) is 5.44. The summed E-state index contributed by atoms with van der Waals surface area (Å²) >= 11 is 3.56. The zero-order chi connectivity index (χ0) is 11.7. The van der Waals surface area contributed by atoms with Gasteiger partial charge in [0.25, 0.3) is 0 Å². The lowest BCUT2D eigenvalue weighted by Gasteiger charge is -2.27. The molecule has 1 nitrogen and oxygen atoms in total. The average molecular weight is 294 g/mol. The molecule has 0 amide bonds. The average Bonchev–Trinajstić information content (AvgIpc) is 2.73. The third-order valence-electron chi connectivity index (χ3n) is 4.22. The van der Waals surface area contributed by atoms with Crippen molar-refractivity contribution in [3.63, 3.8) is 0 Å². The summed E-state index contributed by atoms with van der Waals surface area (Å²) in [4.78, 5) is 0. The van der Waals surface area contributed by atoms with Crippen LogP contribution in [0, 0.1) is 0 Å². The molecule has 3 rings (SSSR count). The van der Waals surface area contributed by atoms with E-state index in [4.69, 9.17) is 0 Å². The summed E-state index contributed by atoms with van der Waals surface area (Å²) in [5.74, 6) is 0. The lowest BCUT2D eigenvalue weighted by atomic mass is 9.94. The van der Waals surface area contributed by atoms with Crippen molar-refractivity contribution in [2.24, 2.45) is 0 Å². The molecule has 2 heteroatoms. The van der Waals surface area contributed by atoms with E-state index < -0.39 is 0 Å². The highest BCUT2D eigenvalue weighted by Crippen LogP contribution is 2.34. The molecule has 1 saturated carbocycles. The maximum Gasteiger partial charge on any atom is 0.0328 e. The molecule has 0 spiro atoms. The summed E-state index contributed by atoms with van der Waals surface area (Å²) in [5.41, 5.74) is 3.08. The van der Waals surface area contributed by atoms with Crippen molar-refractivity contribution < 1.29 is 0 Å². The Labute approximate surface area is 112 Å². The Balaban J connectivity index is 1.70. The molecule has 92 valence electrons. The minimum atomic E-state index is 0.612. The fourth-order valence-corrected chi connectivity index (χ4v) is 3.72. The molecule has 0 aliphatic heterocycles. The van der Waals surface area contributed by atoms with Crippen LogP contribution in [0.2, 0.25) is 0 Å². The molecule has 1 aromatic carbocycles. The molecule has 1 fully saturated rings. The molecule has 0 bridgehead atoms. The number of nitrogens with one attached hydrogen (secondary N) is 1. The zero-order valence-electron chi connectivity index (χ0n) is 10.2. The maximum atomic E-state index is 3.88. The van der Waals surface area contributed by atoms with Crippen molar-refractivity contribution in [2.45, 2.75) is 57.0 Å². The number of fused-ring (bicyclic) bond motifs is 1. The third kappa shape index (κ3) is 2.58. The van der Waals surface area contributed by atoms with Crippen LogP contribution in [0.15, 0.2) is 22.7 Å². The van der Waals surface area contributed by atoms with Gasteiger partial charge in [-0.2, -0.15) is 0 Å². The molecule has 0 heterocycles. The van der Waals surface area contributed by atoms with Crippen molar-refractivity contribution in [3.8, 4) is 0 Å². The van der Waals surface area contributed by atoms with E-state index in [0.717, 1.165) is 6.04 Å². The van der Waals surface area contributed by atoms with Gasteiger partial charge in [-0.3, -0.25) is 0 Å². The van der Waals surface area contributed by atoms with Gasteiger partial charge in [0.15, 0.2) is 0 Å². The molecule has 1 aromatic rings. The fraction of sp³-hybridized carbons (Fsp3) is 0.600. The lowest BCUT2D eigenvalue weighted by Crippen LogP contribution is -2.33. The molecule has 1 N–H and O–H groups in total. The normalized spacial score (nSPS) is 24.9. The second-order valence-corrected chi connectivity index (χ2v) is 6.35. The number of aryl methyl sites for hydroxylation is 1. The van der Waals surface area contributed by atoms with E-state index in [9.17, 15) is 0 Å². The van der Waals surface area contributed by atoms with Crippen LogP contribution in [0.5, 0.6) is 0 Å². The lowest BCUT2D eigenvalue weighted by molar-refractivity contribution is 0.337. The monoisotopic (exact) mass is 293 g/mol. The first-order valence-electron chi connectivity index (χ1n) is 6.87. The smallest absolute Gasteiger partial charge is 0.0328 e. The standard InChI is InChI=1S/C15H20BrN/c16-12-7-8-14-11(10-12)6-9-15(14)17-13-4-2-1-3-5-13/h7-8,10,13,15,17H,1-6,9H2. The third-order valence-corrected chi connectivity index (χ3v) is 4.72. The molecule has 0 saturated heterocycles. The van der Waals surface area contributed by atoms with Crippen LogP contribution in [0.4, 0.5) is 0 Å². The highest BCUT2D eigenvalue weighted by Gasteiger charge is 2.25. The van der Waals surface area contributed by atoms with E-state index in [2.05, 4.69) is 39.4 Å². The predicted molar refractivity (Wildman–Crippen MR) is 75.2 cm³/mol.